The first-order chi connectivity index (χ1) is 24.2. The van der Waals surface area contributed by atoms with Crippen molar-refractivity contribution in [3.05, 3.63) is 29.3 Å². The number of aliphatic imine (C=N–C) groups is 2. The Morgan fingerprint density at radius 2 is 1.37 bits per heavy atom. The number of ketones is 3. The number of rotatable bonds is 25. The van der Waals surface area contributed by atoms with Crippen molar-refractivity contribution < 1.29 is 24.0 Å². The maximum absolute atomic E-state index is 13.9. The molecule has 0 unspecified atom stereocenters. The van der Waals surface area contributed by atoms with Gasteiger partial charge in [0.05, 0.1) is 22.3 Å². The van der Waals surface area contributed by atoms with E-state index >= 15 is 0 Å². The quantitative estimate of drug-likeness (QED) is 0.0336. The number of guanidine groups is 2. The fourth-order valence-electron chi connectivity index (χ4n) is 5.74. The van der Waals surface area contributed by atoms with Crippen molar-refractivity contribution in [1.29, 1.82) is 0 Å². The number of carbonyl (C=O) groups is 5. The molecule has 15 nitrogen and oxygen atoms in total. The van der Waals surface area contributed by atoms with Crippen molar-refractivity contribution in [2.24, 2.45) is 56.4 Å². The SMILES string of the molecule is CC(=O)C[C@@H](CCCCN)C(=O)N[C@@H](CCCN=C(N)N)C(=O)C[C@@H](CC(C)C)C(=O)N[C@@H](CCCN=C(N)N)C(=O)c1nc2ccccc2s1. The van der Waals surface area contributed by atoms with Gasteiger partial charge in [0, 0.05) is 37.8 Å². The van der Waals surface area contributed by atoms with Gasteiger partial charge in [0.2, 0.25) is 17.6 Å². The van der Waals surface area contributed by atoms with Crippen LogP contribution >= 0.6 is 11.3 Å². The summed E-state index contributed by atoms with van der Waals surface area (Å²) in [5, 5.41) is 6.03. The molecule has 0 saturated carbocycles. The largest absolute Gasteiger partial charge is 0.370 e. The number of benzene rings is 1. The summed E-state index contributed by atoms with van der Waals surface area (Å²) in [4.78, 5) is 79.6. The summed E-state index contributed by atoms with van der Waals surface area (Å²) < 4.78 is 0.840. The van der Waals surface area contributed by atoms with E-state index in [1.165, 1.54) is 18.3 Å². The number of hydrogen-bond acceptors (Lipinski definition) is 10. The summed E-state index contributed by atoms with van der Waals surface area (Å²) in [5.74, 6) is -3.25. The minimum Gasteiger partial charge on any atom is -0.370 e. The van der Waals surface area contributed by atoms with Crippen LogP contribution in [0.1, 0.15) is 94.8 Å². The van der Waals surface area contributed by atoms with Crippen LogP contribution < -0.4 is 39.3 Å². The molecule has 1 aromatic heterocycles. The molecule has 0 saturated heterocycles. The molecule has 0 bridgehead atoms. The van der Waals surface area contributed by atoms with Crippen LogP contribution in [-0.2, 0) is 19.2 Å². The molecule has 0 aliphatic heterocycles. The highest BCUT2D eigenvalue weighted by atomic mass is 32.1. The average molecular weight is 729 g/mol. The smallest absolute Gasteiger partial charge is 0.224 e. The van der Waals surface area contributed by atoms with Crippen molar-refractivity contribution in [2.45, 2.75) is 97.1 Å². The van der Waals surface area contributed by atoms with Crippen LogP contribution in [0.2, 0.25) is 0 Å². The third-order valence-corrected chi connectivity index (χ3v) is 9.27. The van der Waals surface area contributed by atoms with Gasteiger partial charge >= 0.3 is 0 Å². The standard InChI is InChI=1S/C35H56N10O5S/c1-21(2)18-24(20-28(47)25(12-8-16-41-34(37)38)43-31(49)23(19-22(3)46)10-6-7-15-36)32(50)44-27(13-9-17-42-35(39)40)30(48)33-45-26-11-4-5-14-29(26)51-33/h4-5,11,14,21,23-25,27H,6-10,12-13,15-20,36H2,1-3H3,(H,43,49)(H,44,50)(H4,37,38,41)(H4,39,40,42)/t23-,24-,25+,27+/m1/s1. The van der Waals surface area contributed by atoms with Crippen LogP contribution in [0.5, 0.6) is 0 Å². The molecule has 0 radical (unpaired) electrons. The van der Waals surface area contributed by atoms with Gasteiger partial charge in [0.1, 0.15) is 5.78 Å². The number of Topliss-reactive ketones (excluding diaryl/α,β-unsaturated/α-hetero) is 3. The van der Waals surface area contributed by atoms with Crippen LogP contribution in [0.15, 0.2) is 34.3 Å². The lowest BCUT2D eigenvalue weighted by Gasteiger charge is -2.25. The average Bonchev–Trinajstić information content (AvgIpc) is 3.50. The van der Waals surface area contributed by atoms with E-state index in [-0.39, 0.29) is 79.0 Å². The van der Waals surface area contributed by atoms with E-state index in [2.05, 4.69) is 25.6 Å². The van der Waals surface area contributed by atoms with Crippen LogP contribution in [0, 0.1) is 17.8 Å². The van der Waals surface area contributed by atoms with Crippen molar-refractivity contribution in [3.8, 4) is 0 Å². The van der Waals surface area contributed by atoms with E-state index in [9.17, 15) is 24.0 Å². The van der Waals surface area contributed by atoms with E-state index in [0.29, 0.717) is 50.6 Å². The second-order valence-electron chi connectivity index (χ2n) is 13.3. The van der Waals surface area contributed by atoms with Gasteiger partial charge in [-0.25, -0.2) is 4.98 Å². The lowest BCUT2D eigenvalue weighted by atomic mass is 9.88. The van der Waals surface area contributed by atoms with Gasteiger partial charge in [-0.1, -0.05) is 32.4 Å². The Balaban J connectivity index is 2.32. The first-order valence-corrected chi connectivity index (χ1v) is 18.4. The molecule has 12 N–H and O–H groups in total. The Kier molecular flexibility index (Phi) is 18.8. The molecule has 0 aliphatic carbocycles. The zero-order valence-corrected chi connectivity index (χ0v) is 30.9. The molecular formula is C35H56N10O5S. The second kappa shape index (κ2) is 22.4. The molecular weight excluding hydrogens is 673 g/mol. The molecule has 2 amide bonds. The van der Waals surface area contributed by atoms with Gasteiger partial charge in [-0.3, -0.25) is 29.2 Å². The molecule has 0 spiro atoms. The van der Waals surface area contributed by atoms with Gasteiger partial charge in [-0.2, -0.15) is 0 Å². The number of thiazole rings is 1. The molecule has 2 rings (SSSR count). The van der Waals surface area contributed by atoms with Crippen molar-refractivity contribution in [1.82, 2.24) is 15.6 Å². The van der Waals surface area contributed by atoms with Crippen LogP contribution in [0.25, 0.3) is 10.2 Å². The van der Waals surface area contributed by atoms with Crippen molar-refractivity contribution >= 4 is 62.6 Å². The predicted molar refractivity (Wildman–Crippen MR) is 202 cm³/mol. The van der Waals surface area contributed by atoms with E-state index in [1.807, 2.05) is 38.1 Å². The topological polar surface area (TPSA) is 277 Å². The van der Waals surface area contributed by atoms with Crippen LogP contribution in [-0.4, -0.2) is 77.8 Å². The van der Waals surface area contributed by atoms with E-state index in [1.54, 1.807) is 0 Å². The van der Waals surface area contributed by atoms with E-state index < -0.39 is 35.7 Å². The zero-order valence-electron chi connectivity index (χ0n) is 30.1. The number of nitrogens with one attached hydrogen (secondary N) is 2. The highest BCUT2D eigenvalue weighted by molar-refractivity contribution is 7.20. The first kappa shape index (κ1) is 42.7. The summed E-state index contributed by atoms with van der Waals surface area (Å²) in [5.41, 5.74) is 28.2. The number of unbranched alkanes of at least 4 members (excludes halogenated alkanes) is 1. The minimum absolute atomic E-state index is 0.0335. The molecule has 282 valence electrons. The van der Waals surface area contributed by atoms with Crippen LogP contribution in [0.3, 0.4) is 0 Å². The maximum atomic E-state index is 13.9. The Morgan fingerprint density at radius 1 is 0.784 bits per heavy atom. The third kappa shape index (κ3) is 16.0. The highest BCUT2D eigenvalue weighted by Gasteiger charge is 2.33. The van der Waals surface area contributed by atoms with Gasteiger partial charge in [0.15, 0.2) is 22.7 Å². The van der Waals surface area contributed by atoms with E-state index in [4.69, 9.17) is 28.7 Å². The Morgan fingerprint density at radius 3 is 1.94 bits per heavy atom. The summed E-state index contributed by atoms with van der Waals surface area (Å²) in [6.07, 6.45) is 3.27. The summed E-state index contributed by atoms with van der Waals surface area (Å²) >= 11 is 1.24. The number of nitrogens with zero attached hydrogens (tertiary/aromatic N) is 3. The third-order valence-electron chi connectivity index (χ3n) is 8.22. The summed E-state index contributed by atoms with van der Waals surface area (Å²) in [6, 6.07) is 5.49. The Labute approximate surface area is 304 Å². The number of para-hydroxylation sites is 1. The number of fused-ring (bicyclic) bond motifs is 1. The van der Waals surface area contributed by atoms with Crippen molar-refractivity contribution in [2.75, 3.05) is 19.6 Å². The lowest BCUT2D eigenvalue weighted by Crippen LogP contribution is -2.47. The fourth-order valence-corrected chi connectivity index (χ4v) is 6.70. The predicted octanol–water partition coefficient (Wildman–Crippen LogP) is 1.90. The number of carbonyl (C=O) groups excluding carboxylic acids is 5. The second-order valence-corrected chi connectivity index (χ2v) is 14.3. The van der Waals surface area contributed by atoms with E-state index in [0.717, 1.165) is 4.70 Å². The minimum atomic E-state index is -0.946. The maximum Gasteiger partial charge on any atom is 0.224 e. The molecule has 51 heavy (non-hydrogen) atoms. The van der Waals surface area contributed by atoms with Gasteiger partial charge in [-0.15, -0.1) is 11.3 Å². The van der Waals surface area contributed by atoms with Gasteiger partial charge in [-0.05, 0) is 76.5 Å². The number of nitrogens with two attached hydrogens (primary N) is 5. The van der Waals surface area contributed by atoms with Gasteiger partial charge < -0.3 is 44.1 Å². The Hall–Kier alpha value is -4.44. The molecule has 1 heterocycles. The van der Waals surface area contributed by atoms with Crippen LogP contribution in [0.4, 0.5) is 0 Å². The first-order valence-electron chi connectivity index (χ1n) is 17.5. The molecule has 4 atom stereocenters. The fraction of sp³-hybridized carbons (Fsp3) is 0.600. The summed E-state index contributed by atoms with van der Waals surface area (Å²) in [7, 11) is 0. The van der Waals surface area contributed by atoms with Crippen molar-refractivity contribution in [3.63, 3.8) is 0 Å². The monoisotopic (exact) mass is 728 g/mol. The zero-order chi connectivity index (χ0) is 37.9. The van der Waals surface area contributed by atoms with Gasteiger partial charge in [0.25, 0.3) is 0 Å². The number of aromatic nitrogens is 1. The Bertz CT molecular complexity index is 1480. The molecule has 0 fully saturated rings. The number of amides is 2. The summed E-state index contributed by atoms with van der Waals surface area (Å²) in [6.45, 7) is 6.25. The number of hydrogen-bond donors (Lipinski definition) is 7. The molecule has 0 aliphatic rings. The highest BCUT2D eigenvalue weighted by Crippen LogP contribution is 2.25. The normalized spacial score (nSPS) is 13.5. The lowest BCUT2D eigenvalue weighted by molar-refractivity contribution is -0.134. The molecule has 2 aromatic rings. The molecule has 1 aromatic carbocycles. The molecule has 16 heteroatoms.